The van der Waals surface area contributed by atoms with Gasteiger partial charge in [-0.15, -0.1) is 24.0 Å². The third kappa shape index (κ3) is 7.43. The maximum atomic E-state index is 4.39. The van der Waals surface area contributed by atoms with Crippen LogP contribution < -0.4 is 10.6 Å². The van der Waals surface area contributed by atoms with Crippen molar-refractivity contribution in [1.82, 2.24) is 15.5 Å². The van der Waals surface area contributed by atoms with Crippen LogP contribution in [0.25, 0.3) is 0 Å². The summed E-state index contributed by atoms with van der Waals surface area (Å²) >= 11 is 1.78. The summed E-state index contributed by atoms with van der Waals surface area (Å²) in [5.74, 6) is 0.924. The molecule has 0 saturated carbocycles. The van der Waals surface area contributed by atoms with E-state index in [0.29, 0.717) is 6.04 Å². The Morgan fingerprint density at radius 3 is 2.52 bits per heavy atom. The van der Waals surface area contributed by atoms with Crippen LogP contribution in [-0.2, 0) is 13.0 Å². The zero-order chi connectivity index (χ0) is 18.2. The predicted octanol–water partition coefficient (Wildman–Crippen LogP) is 4.05. The molecule has 1 aliphatic rings. The lowest BCUT2D eigenvalue weighted by Gasteiger charge is -2.32. The van der Waals surface area contributed by atoms with Crippen LogP contribution in [-0.4, -0.2) is 43.6 Å². The Morgan fingerprint density at radius 2 is 1.89 bits per heavy atom. The van der Waals surface area contributed by atoms with Gasteiger partial charge in [0.2, 0.25) is 0 Å². The van der Waals surface area contributed by atoms with Crippen molar-refractivity contribution >= 4 is 41.3 Å². The Balaban J connectivity index is 0.00000261. The second-order valence-corrected chi connectivity index (χ2v) is 7.84. The van der Waals surface area contributed by atoms with E-state index < -0.39 is 0 Å². The molecule has 1 aliphatic heterocycles. The van der Waals surface area contributed by atoms with Crippen LogP contribution >= 0.6 is 35.3 Å². The Morgan fingerprint density at radius 1 is 1.15 bits per heavy atom. The highest BCUT2D eigenvalue weighted by Crippen LogP contribution is 2.15. The predicted molar refractivity (Wildman–Crippen MR) is 127 cm³/mol. The van der Waals surface area contributed by atoms with Crippen LogP contribution in [0.3, 0.4) is 0 Å². The minimum absolute atomic E-state index is 0. The summed E-state index contributed by atoms with van der Waals surface area (Å²) in [4.78, 5) is 6.94. The van der Waals surface area contributed by atoms with Crippen LogP contribution in [0, 0.1) is 6.92 Å². The topological polar surface area (TPSA) is 39.7 Å². The quantitative estimate of drug-likeness (QED) is 0.359. The van der Waals surface area contributed by atoms with Crippen LogP contribution in [0.15, 0.2) is 46.1 Å². The smallest absolute Gasteiger partial charge is 0.191 e. The average molecular weight is 498 g/mol. The van der Waals surface area contributed by atoms with Gasteiger partial charge in [0.1, 0.15) is 0 Å². The number of aliphatic imine (C=N–C) groups is 1. The van der Waals surface area contributed by atoms with Crippen molar-refractivity contribution in [3.05, 3.63) is 57.8 Å². The molecule has 1 saturated heterocycles. The molecular formula is C21H31IN4S. The second-order valence-electron chi connectivity index (χ2n) is 7.06. The molecule has 27 heavy (non-hydrogen) atoms. The van der Waals surface area contributed by atoms with Crippen molar-refractivity contribution in [1.29, 1.82) is 0 Å². The largest absolute Gasteiger partial charge is 0.356 e. The van der Waals surface area contributed by atoms with Gasteiger partial charge < -0.3 is 10.6 Å². The number of likely N-dealkylation sites (tertiary alicyclic amines) is 1. The summed E-state index contributed by atoms with van der Waals surface area (Å²) in [5, 5.41) is 11.5. The van der Waals surface area contributed by atoms with Crippen LogP contribution in [0.5, 0.6) is 0 Å². The Labute approximate surface area is 184 Å². The molecule has 4 nitrogen and oxygen atoms in total. The number of aryl methyl sites for hydroxylation is 1. The first kappa shape index (κ1) is 22.2. The zero-order valence-corrected chi connectivity index (χ0v) is 19.4. The Kier molecular flexibility index (Phi) is 9.58. The summed E-state index contributed by atoms with van der Waals surface area (Å²) in [5.41, 5.74) is 4.11. The highest BCUT2D eigenvalue weighted by atomic mass is 127. The second kappa shape index (κ2) is 11.7. The molecule has 0 atom stereocenters. The number of thiophene rings is 1. The summed E-state index contributed by atoms with van der Waals surface area (Å²) in [6.07, 6.45) is 3.35. The molecule has 2 heterocycles. The number of hydrogen-bond acceptors (Lipinski definition) is 3. The molecule has 1 aromatic carbocycles. The molecule has 0 unspecified atom stereocenters. The third-order valence-corrected chi connectivity index (χ3v) is 5.70. The standard InChI is InChI=1S/C21H30N4S.HI/c1-17-3-5-18(6-4-17)7-11-23-21(22-2)24-20-8-12-25(13-9-20)15-19-10-14-26-16-19;/h3-6,10,14,16,20H,7-9,11-13,15H2,1-2H3,(H2,22,23,24);1H. The van der Waals surface area contributed by atoms with Gasteiger partial charge in [0, 0.05) is 39.3 Å². The Hall–Kier alpha value is -1.12. The fraction of sp³-hybridized carbons (Fsp3) is 0.476. The van der Waals surface area contributed by atoms with E-state index in [1.54, 1.807) is 11.3 Å². The molecular weight excluding hydrogens is 467 g/mol. The van der Waals surface area contributed by atoms with Gasteiger partial charge in [-0.1, -0.05) is 29.8 Å². The van der Waals surface area contributed by atoms with Crippen molar-refractivity contribution in [3.63, 3.8) is 0 Å². The van der Waals surface area contributed by atoms with Crippen molar-refractivity contribution in [3.8, 4) is 0 Å². The molecule has 3 rings (SSSR count). The summed E-state index contributed by atoms with van der Waals surface area (Å²) < 4.78 is 0. The molecule has 2 N–H and O–H groups in total. The third-order valence-electron chi connectivity index (χ3n) is 4.97. The maximum absolute atomic E-state index is 4.39. The highest BCUT2D eigenvalue weighted by molar-refractivity contribution is 14.0. The van der Waals surface area contributed by atoms with Gasteiger partial charge in [-0.3, -0.25) is 9.89 Å². The SMILES string of the molecule is CN=C(NCCc1ccc(C)cc1)NC1CCN(Cc2ccsc2)CC1.I. The van der Waals surface area contributed by atoms with Crippen molar-refractivity contribution in [2.24, 2.45) is 4.99 Å². The fourth-order valence-corrected chi connectivity index (χ4v) is 4.00. The molecule has 2 aromatic rings. The molecule has 0 spiro atoms. The first-order valence-corrected chi connectivity index (χ1v) is 10.4. The summed E-state index contributed by atoms with van der Waals surface area (Å²) in [7, 11) is 1.85. The lowest BCUT2D eigenvalue weighted by molar-refractivity contribution is 0.198. The van der Waals surface area contributed by atoms with Gasteiger partial charge >= 0.3 is 0 Å². The number of guanidine groups is 1. The molecule has 0 radical (unpaired) electrons. The van der Waals surface area contributed by atoms with Crippen LogP contribution in [0.1, 0.15) is 29.5 Å². The average Bonchev–Trinajstić information content (AvgIpc) is 3.17. The fourth-order valence-electron chi connectivity index (χ4n) is 3.34. The van der Waals surface area contributed by atoms with E-state index in [-0.39, 0.29) is 24.0 Å². The van der Waals surface area contributed by atoms with E-state index in [0.717, 1.165) is 38.6 Å². The van der Waals surface area contributed by atoms with E-state index in [9.17, 15) is 0 Å². The number of nitrogens with zero attached hydrogens (tertiary/aromatic N) is 2. The normalized spacial score (nSPS) is 16.0. The minimum atomic E-state index is 0. The maximum Gasteiger partial charge on any atom is 0.191 e. The van der Waals surface area contributed by atoms with Crippen LogP contribution in [0.4, 0.5) is 0 Å². The number of hydrogen-bond donors (Lipinski definition) is 2. The number of halogens is 1. The molecule has 0 amide bonds. The van der Waals surface area contributed by atoms with Gasteiger partial charge in [0.05, 0.1) is 0 Å². The van der Waals surface area contributed by atoms with Gasteiger partial charge in [-0.25, -0.2) is 0 Å². The summed E-state index contributed by atoms with van der Waals surface area (Å²) in [6.45, 7) is 6.40. The van der Waals surface area contributed by atoms with E-state index >= 15 is 0 Å². The van der Waals surface area contributed by atoms with E-state index in [1.807, 2.05) is 7.05 Å². The van der Waals surface area contributed by atoms with Crippen molar-refractivity contribution < 1.29 is 0 Å². The zero-order valence-electron chi connectivity index (χ0n) is 16.3. The molecule has 0 aliphatic carbocycles. The number of nitrogens with one attached hydrogen (secondary N) is 2. The molecule has 6 heteroatoms. The van der Waals surface area contributed by atoms with Gasteiger partial charge in [0.15, 0.2) is 5.96 Å². The molecule has 1 fully saturated rings. The highest BCUT2D eigenvalue weighted by Gasteiger charge is 2.20. The minimum Gasteiger partial charge on any atom is -0.356 e. The number of benzene rings is 1. The first-order chi connectivity index (χ1) is 12.7. The van der Waals surface area contributed by atoms with E-state index in [1.165, 1.54) is 29.5 Å². The van der Waals surface area contributed by atoms with E-state index in [2.05, 4.69) is 68.5 Å². The molecule has 148 valence electrons. The number of piperidine rings is 1. The molecule has 0 bridgehead atoms. The van der Waals surface area contributed by atoms with Crippen molar-refractivity contribution in [2.75, 3.05) is 26.7 Å². The Bertz CT molecular complexity index is 677. The lowest BCUT2D eigenvalue weighted by atomic mass is 10.0. The molecule has 1 aromatic heterocycles. The number of rotatable bonds is 6. The van der Waals surface area contributed by atoms with Crippen molar-refractivity contribution in [2.45, 2.75) is 38.8 Å². The van der Waals surface area contributed by atoms with Gasteiger partial charge in [-0.05, 0) is 54.1 Å². The van der Waals surface area contributed by atoms with Crippen LogP contribution in [0.2, 0.25) is 0 Å². The lowest BCUT2D eigenvalue weighted by Crippen LogP contribution is -2.48. The summed E-state index contributed by atoms with van der Waals surface area (Å²) in [6, 6.07) is 11.5. The van der Waals surface area contributed by atoms with Gasteiger partial charge in [0.25, 0.3) is 0 Å². The van der Waals surface area contributed by atoms with E-state index in [4.69, 9.17) is 0 Å². The monoisotopic (exact) mass is 498 g/mol. The van der Waals surface area contributed by atoms with Gasteiger partial charge in [-0.2, -0.15) is 11.3 Å². The first-order valence-electron chi connectivity index (χ1n) is 9.49.